The molecule has 0 radical (unpaired) electrons. The Morgan fingerprint density at radius 2 is 1.86 bits per heavy atom. The smallest absolute Gasteiger partial charge is 0.234 e. The Kier molecular flexibility index (Phi) is 5.65. The highest BCUT2D eigenvalue weighted by Gasteiger charge is 2.47. The lowest BCUT2D eigenvalue weighted by Crippen LogP contribution is -2.39. The fourth-order valence-corrected chi connectivity index (χ4v) is 6.56. The summed E-state index contributed by atoms with van der Waals surface area (Å²) in [5, 5.41) is 3.68. The van der Waals surface area contributed by atoms with Crippen LogP contribution in [0.25, 0.3) is 0 Å². The van der Waals surface area contributed by atoms with Gasteiger partial charge in [-0.2, -0.15) is 0 Å². The second-order valence-electron chi connectivity index (χ2n) is 7.18. The maximum Gasteiger partial charge on any atom is 0.234 e. The first-order valence-corrected chi connectivity index (χ1v) is 12.4. The minimum Gasteiger partial charge on any atom is -0.325 e. The van der Waals surface area contributed by atoms with Gasteiger partial charge < -0.3 is 10.2 Å². The van der Waals surface area contributed by atoms with Crippen LogP contribution in [0.5, 0.6) is 0 Å². The molecular weight excluding hydrogens is 406 g/mol. The van der Waals surface area contributed by atoms with Crippen LogP contribution in [0.4, 0.5) is 11.4 Å². The fourth-order valence-electron chi connectivity index (χ4n) is 3.79. The van der Waals surface area contributed by atoms with Gasteiger partial charge in [0.1, 0.15) is 0 Å². The number of amides is 1. The molecule has 2 aromatic rings. The number of aliphatic imine (C=N–C) groups is 1. The number of hydrogen-bond donors (Lipinski definition) is 1. The van der Waals surface area contributed by atoms with Crippen molar-refractivity contribution in [3.05, 3.63) is 60.2 Å². The van der Waals surface area contributed by atoms with Crippen molar-refractivity contribution in [2.75, 3.05) is 27.5 Å². The summed E-state index contributed by atoms with van der Waals surface area (Å²) < 4.78 is 24.2. The molecule has 29 heavy (non-hydrogen) atoms. The summed E-state index contributed by atoms with van der Waals surface area (Å²) in [5.41, 5.74) is 2.83. The number of rotatable bonds is 5. The lowest BCUT2D eigenvalue weighted by molar-refractivity contribution is -0.113. The highest BCUT2D eigenvalue weighted by molar-refractivity contribution is 8.14. The van der Waals surface area contributed by atoms with Crippen molar-refractivity contribution in [2.45, 2.75) is 25.4 Å². The normalized spacial score (nSPS) is 22.2. The third-order valence-corrected chi connectivity index (χ3v) is 7.81. The summed E-state index contributed by atoms with van der Waals surface area (Å²) >= 11 is 1.35. The zero-order valence-corrected chi connectivity index (χ0v) is 17.7. The number of amidine groups is 1. The molecule has 8 heteroatoms. The quantitative estimate of drug-likeness (QED) is 0.791. The number of nitrogens with one attached hydrogen (secondary N) is 1. The standard InChI is InChI=1S/C21H23N3O3S2/c1-2-15-8-6-7-11-17(15)22-20(25)12-28-21-23-18-13-29(26,27)14-19(18)24(21)16-9-4-3-5-10-16/h3-11,18-19H,2,12-14H2,1H3,(H,22,25)/t18-,19-/m0/s1. The van der Waals surface area contributed by atoms with Crippen molar-refractivity contribution in [1.82, 2.24) is 0 Å². The van der Waals surface area contributed by atoms with E-state index in [9.17, 15) is 13.2 Å². The molecule has 4 rings (SSSR count). The molecule has 2 aliphatic heterocycles. The highest BCUT2D eigenvalue weighted by Crippen LogP contribution is 2.35. The summed E-state index contributed by atoms with van der Waals surface area (Å²) in [7, 11) is -3.09. The molecular formula is C21H23N3O3S2. The van der Waals surface area contributed by atoms with Gasteiger partial charge >= 0.3 is 0 Å². The topological polar surface area (TPSA) is 78.8 Å². The van der Waals surface area contributed by atoms with E-state index in [1.54, 1.807) is 0 Å². The Balaban J connectivity index is 1.49. The van der Waals surface area contributed by atoms with Crippen molar-refractivity contribution in [2.24, 2.45) is 4.99 Å². The molecule has 0 bridgehead atoms. The molecule has 2 heterocycles. The molecule has 0 spiro atoms. The molecule has 2 atom stereocenters. The third-order valence-electron chi connectivity index (χ3n) is 5.15. The molecule has 0 aliphatic carbocycles. The first-order valence-electron chi connectivity index (χ1n) is 9.60. The van der Waals surface area contributed by atoms with E-state index in [1.165, 1.54) is 11.8 Å². The fraction of sp³-hybridized carbons (Fsp3) is 0.333. The van der Waals surface area contributed by atoms with Gasteiger partial charge in [-0.1, -0.05) is 55.1 Å². The molecule has 2 aliphatic rings. The van der Waals surface area contributed by atoms with Crippen molar-refractivity contribution in [3.63, 3.8) is 0 Å². The first-order chi connectivity index (χ1) is 14.0. The Hall–Kier alpha value is -2.32. The van der Waals surface area contributed by atoms with E-state index in [2.05, 4.69) is 17.2 Å². The third kappa shape index (κ3) is 4.33. The van der Waals surface area contributed by atoms with Gasteiger partial charge in [-0.3, -0.25) is 9.79 Å². The Labute approximate surface area is 175 Å². The van der Waals surface area contributed by atoms with Crippen LogP contribution in [0.15, 0.2) is 59.6 Å². The minimum absolute atomic E-state index is 0.0706. The van der Waals surface area contributed by atoms with Crippen molar-refractivity contribution in [3.8, 4) is 0 Å². The number of anilines is 2. The van der Waals surface area contributed by atoms with Gasteiger partial charge in [-0.15, -0.1) is 0 Å². The Morgan fingerprint density at radius 1 is 1.14 bits per heavy atom. The first kappa shape index (κ1) is 20.0. The second kappa shape index (κ2) is 8.20. The van der Waals surface area contributed by atoms with Crippen molar-refractivity contribution < 1.29 is 13.2 Å². The molecule has 152 valence electrons. The van der Waals surface area contributed by atoms with Crippen molar-refractivity contribution in [1.29, 1.82) is 0 Å². The summed E-state index contributed by atoms with van der Waals surface area (Å²) in [6.45, 7) is 2.05. The van der Waals surface area contributed by atoms with Crippen molar-refractivity contribution >= 4 is 44.0 Å². The number of fused-ring (bicyclic) bond motifs is 1. The molecule has 0 aromatic heterocycles. The highest BCUT2D eigenvalue weighted by atomic mass is 32.2. The van der Waals surface area contributed by atoms with E-state index < -0.39 is 9.84 Å². The number of aryl methyl sites for hydroxylation is 1. The van der Waals surface area contributed by atoms with Crippen LogP contribution < -0.4 is 10.2 Å². The minimum atomic E-state index is -3.09. The van der Waals surface area contributed by atoms with Crippen LogP contribution in [-0.4, -0.2) is 48.8 Å². The Morgan fingerprint density at radius 3 is 2.62 bits per heavy atom. The van der Waals surface area contributed by atoms with E-state index in [4.69, 9.17) is 0 Å². The van der Waals surface area contributed by atoms with Crippen LogP contribution >= 0.6 is 11.8 Å². The summed E-state index contributed by atoms with van der Waals surface area (Å²) in [5.74, 6) is 0.278. The second-order valence-corrected chi connectivity index (χ2v) is 10.3. The van der Waals surface area contributed by atoms with Gasteiger partial charge in [0.05, 0.1) is 29.3 Å². The maximum atomic E-state index is 12.5. The summed E-state index contributed by atoms with van der Waals surface area (Å²) in [6.07, 6.45) is 0.843. The number of thioether (sulfide) groups is 1. The lowest BCUT2D eigenvalue weighted by Gasteiger charge is -2.26. The number of hydrogen-bond acceptors (Lipinski definition) is 6. The van der Waals surface area contributed by atoms with Crippen LogP contribution in [0.3, 0.4) is 0 Å². The van der Waals surface area contributed by atoms with Crippen LogP contribution in [-0.2, 0) is 21.1 Å². The predicted octanol–water partition coefficient (Wildman–Crippen LogP) is 2.96. The molecule has 6 nitrogen and oxygen atoms in total. The SMILES string of the molecule is CCc1ccccc1NC(=O)CSC1=N[C@H]2CS(=O)(=O)C[C@@H]2N1c1ccccc1. The average Bonchev–Trinajstić information content (AvgIpc) is 3.18. The molecule has 1 N–H and O–H groups in total. The number of sulfone groups is 1. The van der Waals surface area contributed by atoms with Crippen LogP contribution in [0, 0.1) is 0 Å². The van der Waals surface area contributed by atoms with E-state index in [0.29, 0.717) is 5.17 Å². The average molecular weight is 430 g/mol. The molecule has 1 saturated heterocycles. The van der Waals surface area contributed by atoms with E-state index in [-0.39, 0.29) is 35.2 Å². The maximum absolute atomic E-state index is 12.5. The van der Waals surface area contributed by atoms with E-state index in [0.717, 1.165) is 23.4 Å². The largest absolute Gasteiger partial charge is 0.325 e. The van der Waals surface area contributed by atoms with Gasteiger partial charge in [-0.05, 0) is 30.2 Å². The van der Waals surface area contributed by atoms with Gasteiger partial charge in [-0.25, -0.2) is 8.42 Å². The molecule has 0 unspecified atom stereocenters. The zero-order valence-electron chi connectivity index (χ0n) is 16.1. The number of para-hydroxylation sites is 2. The van der Waals surface area contributed by atoms with E-state index >= 15 is 0 Å². The van der Waals surface area contributed by atoms with Gasteiger partial charge in [0.25, 0.3) is 0 Å². The molecule has 1 fully saturated rings. The molecule has 0 saturated carbocycles. The van der Waals surface area contributed by atoms with Crippen LogP contribution in [0.2, 0.25) is 0 Å². The zero-order chi connectivity index (χ0) is 20.4. The summed E-state index contributed by atoms with van der Waals surface area (Å²) in [6, 6.07) is 16.9. The van der Waals surface area contributed by atoms with Gasteiger partial charge in [0, 0.05) is 11.4 Å². The van der Waals surface area contributed by atoms with Gasteiger partial charge in [0.15, 0.2) is 15.0 Å². The predicted molar refractivity (Wildman–Crippen MR) is 119 cm³/mol. The van der Waals surface area contributed by atoms with E-state index in [1.807, 2.05) is 59.5 Å². The number of carbonyl (C=O) groups is 1. The molecule has 2 aromatic carbocycles. The van der Waals surface area contributed by atoms with Gasteiger partial charge in [0.2, 0.25) is 5.91 Å². The monoisotopic (exact) mass is 429 g/mol. The number of carbonyl (C=O) groups excluding carboxylic acids is 1. The number of nitrogens with zero attached hydrogens (tertiary/aromatic N) is 2. The lowest BCUT2D eigenvalue weighted by atomic mass is 10.1. The van der Waals surface area contributed by atoms with Crippen LogP contribution in [0.1, 0.15) is 12.5 Å². The Bertz CT molecular complexity index is 1040. The number of benzene rings is 2. The summed E-state index contributed by atoms with van der Waals surface area (Å²) in [4.78, 5) is 19.2. The molecule has 1 amide bonds.